The van der Waals surface area contributed by atoms with Crippen LogP contribution in [0.5, 0.6) is 0 Å². The van der Waals surface area contributed by atoms with E-state index in [4.69, 9.17) is 0 Å². The van der Waals surface area contributed by atoms with Crippen LogP contribution in [0.1, 0.15) is 6.42 Å². The summed E-state index contributed by atoms with van der Waals surface area (Å²) in [7, 11) is 0. The third-order valence-corrected chi connectivity index (χ3v) is 2.42. The minimum atomic E-state index is -0.457. The summed E-state index contributed by atoms with van der Waals surface area (Å²) in [4.78, 5) is 23.1. The lowest BCUT2D eigenvalue weighted by atomic mass is 10.2. The van der Waals surface area contributed by atoms with E-state index < -0.39 is 4.92 Å². The lowest BCUT2D eigenvalue weighted by Gasteiger charge is -2.23. The number of non-ortho nitro benzene ring substituents is 1. The standard InChI is InChI=1S/C11H10N2O3/c14-11-3-1-2-8-12(11)9-4-6-10(7-5-9)13(15)16/h1,3-7H,2,8H2. The molecule has 0 saturated carbocycles. The number of nitro groups is 1. The van der Waals surface area contributed by atoms with E-state index in [1.54, 1.807) is 17.0 Å². The zero-order chi connectivity index (χ0) is 11.5. The van der Waals surface area contributed by atoms with Crippen molar-refractivity contribution in [2.24, 2.45) is 0 Å². The van der Waals surface area contributed by atoms with E-state index in [-0.39, 0.29) is 11.6 Å². The highest BCUT2D eigenvalue weighted by molar-refractivity contribution is 6.02. The first kappa shape index (κ1) is 10.4. The molecule has 1 aliphatic rings. The molecule has 0 bridgehead atoms. The molecule has 1 amide bonds. The summed E-state index contributed by atoms with van der Waals surface area (Å²) in [6, 6.07) is 5.99. The van der Waals surface area contributed by atoms with Gasteiger partial charge in [0.05, 0.1) is 4.92 Å². The van der Waals surface area contributed by atoms with Crippen molar-refractivity contribution in [3.63, 3.8) is 0 Å². The molecule has 16 heavy (non-hydrogen) atoms. The van der Waals surface area contributed by atoms with Gasteiger partial charge in [-0.1, -0.05) is 6.08 Å². The van der Waals surface area contributed by atoms with Crippen molar-refractivity contribution in [3.8, 4) is 0 Å². The van der Waals surface area contributed by atoms with E-state index in [9.17, 15) is 14.9 Å². The minimum Gasteiger partial charge on any atom is -0.309 e. The van der Waals surface area contributed by atoms with Crippen LogP contribution in [0.15, 0.2) is 36.4 Å². The number of nitrogens with zero attached hydrogens (tertiary/aromatic N) is 2. The molecule has 5 heteroatoms. The Morgan fingerprint density at radius 1 is 1.25 bits per heavy atom. The quantitative estimate of drug-likeness (QED) is 0.562. The third kappa shape index (κ3) is 1.93. The third-order valence-electron chi connectivity index (χ3n) is 2.42. The Bertz CT molecular complexity index is 451. The molecule has 1 heterocycles. The van der Waals surface area contributed by atoms with Crippen LogP contribution in [0.4, 0.5) is 11.4 Å². The highest BCUT2D eigenvalue weighted by Gasteiger charge is 2.16. The summed E-state index contributed by atoms with van der Waals surface area (Å²) in [5.74, 6) is -0.0832. The molecule has 1 aromatic carbocycles. The maximum absolute atomic E-state index is 11.5. The van der Waals surface area contributed by atoms with Crippen molar-refractivity contribution in [3.05, 3.63) is 46.5 Å². The van der Waals surface area contributed by atoms with Gasteiger partial charge in [-0.05, 0) is 24.6 Å². The van der Waals surface area contributed by atoms with Gasteiger partial charge in [0.25, 0.3) is 11.6 Å². The van der Waals surface area contributed by atoms with Crippen LogP contribution in [0.2, 0.25) is 0 Å². The monoisotopic (exact) mass is 218 g/mol. The fraction of sp³-hybridized carbons (Fsp3) is 0.182. The predicted octanol–water partition coefficient (Wildman–Crippen LogP) is 1.89. The number of amides is 1. The number of carbonyl (C=O) groups is 1. The molecule has 0 N–H and O–H groups in total. The lowest BCUT2D eigenvalue weighted by molar-refractivity contribution is -0.384. The van der Waals surface area contributed by atoms with Crippen molar-refractivity contribution in [1.29, 1.82) is 0 Å². The van der Waals surface area contributed by atoms with Crippen LogP contribution < -0.4 is 4.90 Å². The molecule has 0 spiro atoms. The normalized spacial score (nSPS) is 15.2. The fourth-order valence-electron chi connectivity index (χ4n) is 1.60. The summed E-state index contributed by atoms with van der Waals surface area (Å²) in [5.41, 5.74) is 0.726. The van der Waals surface area contributed by atoms with E-state index in [2.05, 4.69) is 0 Å². The van der Waals surface area contributed by atoms with Crippen molar-refractivity contribution in [2.45, 2.75) is 6.42 Å². The first-order valence-corrected chi connectivity index (χ1v) is 4.91. The Morgan fingerprint density at radius 3 is 2.50 bits per heavy atom. The van der Waals surface area contributed by atoms with E-state index >= 15 is 0 Å². The van der Waals surface area contributed by atoms with Crippen molar-refractivity contribution in [2.75, 3.05) is 11.4 Å². The second-order valence-corrected chi connectivity index (χ2v) is 3.45. The molecule has 0 fully saturated rings. The predicted molar refractivity (Wildman–Crippen MR) is 59.2 cm³/mol. The summed E-state index contributed by atoms with van der Waals surface area (Å²) >= 11 is 0. The number of carbonyl (C=O) groups excluding carboxylic acids is 1. The Labute approximate surface area is 92.1 Å². The molecule has 1 aliphatic heterocycles. The van der Waals surface area contributed by atoms with Crippen LogP contribution >= 0.6 is 0 Å². The van der Waals surface area contributed by atoms with Gasteiger partial charge in [-0.2, -0.15) is 0 Å². The molecule has 5 nitrogen and oxygen atoms in total. The Hall–Kier alpha value is -2.17. The van der Waals surface area contributed by atoms with Gasteiger partial charge in [0, 0.05) is 24.4 Å². The second kappa shape index (κ2) is 4.14. The SMILES string of the molecule is O=C1C=CCCN1c1ccc([N+](=O)[O-])cc1. The summed E-state index contributed by atoms with van der Waals surface area (Å²) in [5, 5.41) is 10.5. The van der Waals surface area contributed by atoms with Crippen LogP contribution in [0.3, 0.4) is 0 Å². The molecule has 1 aromatic rings. The van der Waals surface area contributed by atoms with Crippen molar-refractivity contribution >= 4 is 17.3 Å². The molecule has 0 aromatic heterocycles. The van der Waals surface area contributed by atoms with Gasteiger partial charge in [0.15, 0.2) is 0 Å². The molecule has 0 atom stereocenters. The average molecular weight is 218 g/mol. The van der Waals surface area contributed by atoms with Gasteiger partial charge in [0.1, 0.15) is 0 Å². The molecule has 0 aliphatic carbocycles. The Kier molecular flexibility index (Phi) is 2.68. The summed E-state index contributed by atoms with van der Waals surface area (Å²) in [6.07, 6.45) is 4.15. The van der Waals surface area contributed by atoms with Gasteiger partial charge < -0.3 is 4.90 Å². The van der Waals surface area contributed by atoms with Crippen LogP contribution in [-0.4, -0.2) is 17.4 Å². The number of hydrogen-bond donors (Lipinski definition) is 0. The molecular formula is C11H10N2O3. The molecular weight excluding hydrogens is 208 g/mol. The lowest BCUT2D eigenvalue weighted by Crippen LogP contribution is -2.32. The maximum atomic E-state index is 11.5. The smallest absolute Gasteiger partial charge is 0.269 e. The topological polar surface area (TPSA) is 63.5 Å². The largest absolute Gasteiger partial charge is 0.309 e. The zero-order valence-electron chi connectivity index (χ0n) is 8.50. The average Bonchev–Trinajstić information content (AvgIpc) is 2.30. The Morgan fingerprint density at radius 2 is 1.94 bits per heavy atom. The van der Waals surface area contributed by atoms with Gasteiger partial charge in [0.2, 0.25) is 0 Å². The number of hydrogen-bond acceptors (Lipinski definition) is 3. The van der Waals surface area contributed by atoms with E-state index in [1.807, 2.05) is 6.08 Å². The maximum Gasteiger partial charge on any atom is 0.269 e. The molecule has 82 valence electrons. The summed E-state index contributed by atoms with van der Waals surface area (Å²) in [6.45, 7) is 0.618. The molecule has 0 unspecified atom stereocenters. The molecule has 2 rings (SSSR count). The van der Waals surface area contributed by atoms with Crippen molar-refractivity contribution < 1.29 is 9.72 Å². The number of benzene rings is 1. The highest BCUT2D eigenvalue weighted by atomic mass is 16.6. The number of nitro benzene ring substituents is 1. The first-order chi connectivity index (χ1) is 7.68. The zero-order valence-corrected chi connectivity index (χ0v) is 8.50. The molecule has 0 saturated heterocycles. The fourth-order valence-corrected chi connectivity index (χ4v) is 1.60. The van der Waals surface area contributed by atoms with E-state index in [0.29, 0.717) is 12.2 Å². The minimum absolute atomic E-state index is 0.0313. The van der Waals surface area contributed by atoms with Gasteiger partial charge in [-0.25, -0.2) is 0 Å². The van der Waals surface area contributed by atoms with Gasteiger partial charge in [-0.15, -0.1) is 0 Å². The second-order valence-electron chi connectivity index (χ2n) is 3.45. The van der Waals surface area contributed by atoms with Crippen LogP contribution in [-0.2, 0) is 4.79 Å². The highest BCUT2D eigenvalue weighted by Crippen LogP contribution is 2.21. The summed E-state index contributed by atoms with van der Waals surface area (Å²) < 4.78 is 0. The number of anilines is 1. The molecule has 0 radical (unpaired) electrons. The van der Waals surface area contributed by atoms with Gasteiger partial charge >= 0.3 is 0 Å². The van der Waals surface area contributed by atoms with Crippen molar-refractivity contribution in [1.82, 2.24) is 0 Å². The van der Waals surface area contributed by atoms with Crippen LogP contribution in [0.25, 0.3) is 0 Å². The first-order valence-electron chi connectivity index (χ1n) is 4.91. The van der Waals surface area contributed by atoms with Gasteiger partial charge in [-0.3, -0.25) is 14.9 Å². The van der Waals surface area contributed by atoms with Crippen LogP contribution in [0, 0.1) is 10.1 Å². The number of rotatable bonds is 2. The van der Waals surface area contributed by atoms with E-state index in [1.165, 1.54) is 18.2 Å². The van der Waals surface area contributed by atoms with E-state index in [0.717, 1.165) is 6.42 Å². The Balaban J connectivity index is 2.24.